The van der Waals surface area contributed by atoms with E-state index in [1.54, 1.807) is 10.8 Å². The highest BCUT2D eigenvalue weighted by Gasteiger charge is 2.43. The van der Waals surface area contributed by atoms with Crippen LogP contribution in [0.1, 0.15) is 6.23 Å². The van der Waals surface area contributed by atoms with Crippen molar-refractivity contribution in [2.45, 2.75) is 24.5 Å². The van der Waals surface area contributed by atoms with Crippen LogP contribution in [0.3, 0.4) is 0 Å². The highest BCUT2D eigenvalue weighted by molar-refractivity contribution is 9.10. The molecule has 0 bridgehead atoms. The van der Waals surface area contributed by atoms with Gasteiger partial charge < -0.3 is 29.6 Å². The van der Waals surface area contributed by atoms with Crippen molar-refractivity contribution in [1.29, 1.82) is 0 Å². The summed E-state index contributed by atoms with van der Waals surface area (Å²) in [6.45, 7) is -0.368. The van der Waals surface area contributed by atoms with Gasteiger partial charge in [-0.25, -0.2) is 4.98 Å². The number of nitrogens with zero attached hydrogens (tertiary/aromatic N) is 2. The number of aromatic nitrogens is 3. The quantitative estimate of drug-likeness (QED) is 0.579. The Balaban J connectivity index is 2.12. The number of nitrogens with one attached hydrogen (secondary N) is 1. The van der Waals surface area contributed by atoms with Crippen molar-refractivity contribution in [3.8, 4) is 0 Å². The summed E-state index contributed by atoms with van der Waals surface area (Å²) in [6.07, 6.45) is -0.788. The fourth-order valence-corrected chi connectivity index (χ4v) is 3.36. The highest BCUT2D eigenvalue weighted by atomic mass is 79.9. The molecule has 4 atom stereocenters. The van der Waals surface area contributed by atoms with E-state index in [0.29, 0.717) is 20.1 Å². The first-order valence-electron chi connectivity index (χ1n) is 5.90. The Kier molecular flexibility index (Phi) is 3.65. The van der Waals surface area contributed by atoms with E-state index in [2.05, 4.69) is 25.9 Å². The minimum absolute atomic E-state index is 0.368. The zero-order valence-corrected chi connectivity index (χ0v) is 12.5. The van der Waals surface area contributed by atoms with Crippen LogP contribution in [0.4, 0.5) is 0 Å². The molecule has 4 N–H and O–H groups in total. The number of rotatable bonds is 2. The average molecular weight is 362 g/mol. The zero-order chi connectivity index (χ0) is 14.4. The molecule has 1 fully saturated rings. The largest absolute Gasteiger partial charge is 0.394 e. The number of ether oxygens (including phenoxy) is 1. The molecule has 0 unspecified atom stereocenters. The van der Waals surface area contributed by atoms with Crippen LogP contribution in [0.15, 0.2) is 17.0 Å². The second-order valence-corrected chi connectivity index (χ2v) is 5.79. The molecule has 1 aliphatic rings. The van der Waals surface area contributed by atoms with E-state index in [4.69, 9.17) is 22.1 Å². The molecule has 9 heteroatoms. The molecule has 0 saturated carbocycles. The molecule has 3 rings (SSSR count). The summed E-state index contributed by atoms with van der Waals surface area (Å²) in [6, 6.07) is 0. The van der Waals surface area contributed by atoms with Crippen LogP contribution < -0.4 is 0 Å². The first-order valence-corrected chi connectivity index (χ1v) is 7.11. The van der Waals surface area contributed by atoms with E-state index in [1.807, 2.05) is 0 Å². The second kappa shape index (κ2) is 5.17. The smallest absolute Gasteiger partial charge is 0.164 e. The van der Waals surface area contributed by atoms with Crippen LogP contribution >= 0.6 is 28.1 Å². The van der Waals surface area contributed by atoms with Gasteiger partial charge in [0.25, 0.3) is 0 Å². The SMILES string of the molecule is OC[C@H]1O[C@@H](n2cc(Br)c3c(=S)nc[nH]c32)[C@H](O)[C@@H]1O. The lowest BCUT2D eigenvalue weighted by atomic mass is 10.1. The van der Waals surface area contributed by atoms with E-state index >= 15 is 0 Å². The standard InChI is InChI=1S/C11H12BrN3O4S/c12-4-1-15(9-6(4)10(20)14-3-13-9)11-8(18)7(17)5(2-16)19-11/h1,3,5,7-8,11,16-18H,2H2,(H,13,14,20)/t5-,7-,8-,11-/m1/s1. The molecule has 1 aliphatic heterocycles. The number of halogens is 1. The van der Waals surface area contributed by atoms with Gasteiger partial charge in [-0.1, -0.05) is 12.2 Å². The van der Waals surface area contributed by atoms with Gasteiger partial charge in [-0.05, 0) is 15.9 Å². The van der Waals surface area contributed by atoms with E-state index in [0.717, 1.165) is 0 Å². The molecule has 1 saturated heterocycles. The Labute approximate surface area is 127 Å². The Hall–Kier alpha value is -0.840. The summed E-state index contributed by atoms with van der Waals surface area (Å²) in [5.74, 6) is 0. The Morgan fingerprint density at radius 2 is 2.20 bits per heavy atom. The normalized spacial score (nSPS) is 30.2. The molecule has 0 radical (unpaired) electrons. The maximum atomic E-state index is 10.1. The number of fused-ring (bicyclic) bond motifs is 1. The fourth-order valence-electron chi connectivity index (χ4n) is 2.37. The van der Waals surface area contributed by atoms with Crippen molar-refractivity contribution >= 4 is 39.2 Å². The summed E-state index contributed by atoms with van der Waals surface area (Å²) in [4.78, 5) is 6.94. The molecular weight excluding hydrogens is 350 g/mol. The van der Waals surface area contributed by atoms with Crippen molar-refractivity contribution in [3.63, 3.8) is 0 Å². The third kappa shape index (κ3) is 2.01. The highest BCUT2D eigenvalue weighted by Crippen LogP contribution is 2.34. The molecule has 0 amide bonds. The molecule has 20 heavy (non-hydrogen) atoms. The van der Waals surface area contributed by atoms with Gasteiger partial charge in [-0.2, -0.15) is 0 Å². The van der Waals surface area contributed by atoms with Crippen LogP contribution in [0, 0.1) is 4.64 Å². The van der Waals surface area contributed by atoms with Crippen molar-refractivity contribution in [3.05, 3.63) is 21.6 Å². The summed E-state index contributed by atoms with van der Waals surface area (Å²) in [7, 11) is 0. The van der Waals surface area contributed by atoms with Gasteiger partial charge >= 0.3 is 0 Å². The molecule has 108 valence electrons. The van der Waals surface area contributed by atoms with E-state index < -0.39 is 24.5 Å². The van der Waals surface area contributed by atoms with Gasteiger partial charge in [-0.3, -0.25) is 0 Å². The lowest BCUT2D eigenvalue weighted by Gasteiger charge is -2.17. The fraction of sp³-hybridized carbons (Fsp3) is 0.455. The summed E-state index contributed by atoms with van der Waals surface area (Å²) in [5, 5.41) is 29.7. The van der Waals surface area contributed by atoms with Crippen LogP contribution in [0.2, 0.25) is 0 Å². The maximum Gasteiger partial charge on any atom is 0.164 e. The van der Waals surface area contributed by atoms with Crippen molar-refractivity contribution < 1.29 is 20.1 Å². The molecule has 7 nitrogen and oxygen atoms in total. The molecule has 0 aliphatic carbocycles. The first kappa shape index (κ1) is 14.1. The van der Waals surface area contributed by atoms with Crippen LogP contribution in [-0.2, 0) is 4.74 Å². The van der Waals surface area contributed by atoms with E-state index in [-0.39, 0.29) is 6.61 Å². The van der Waals surface area contributed by atoms with Crippen LogP contribution in [0.5, 0.6) is 0 Å². The number of H-pyrrole nitrogens is 1. The Bertz CT molecular complexity index is 703. The lowest BCUT2D eigenvalue weighted by Crippen LogP contribution is -2.33. The van der Waals surface area contributed by atoms with Crippen molar-refractivity contribution in [1.82, 2.24) is 14.5 Å². The third-order valence-corrected chi connectivity index (χ3v) is 4.29. The topological polar surface area (TPSA) is 104 Å². The van der Waals surface area contributed by atoms with Gasteiger partial charge in [0.1, 0.15) is 28.6 Å². The molecule has 2 aromatic heterocycles. The number of aromatic amines is 1. The average Bonchev–Trinajstić information content (AvgIpc) is 2.90. The van der Waals surface area contributed by atoms with E-state index in [1.165, 1.54) is 6.33 Å². The monoisotopic (exact) mass is 361 g/mol. The van der Waals surface area contributed by atoms with E-state index in [9.17, 15) is 10.2 Å². The predicted molar refractivity (Wildman–Crippen MR) is 75.6 cm³/mol. The molecule has 2 aromatic rings. The number of aliphatic hydroxyl groups is 3. The Morgan fingerprint density at radius 3 is 2.85 bits per heavy atom. The number of hydrogen-bond donors (Lipinski definition) is 4. The van der Waals surface area contributed by atoms with Gasteiger partial charge in [0.2, 0.25) is 0 Å². The first-order chi connectivity index (χ1) is 9.54. The van der Waals surface area contributed by atoms with Gasteiger partial charge in [0.15, 0.2) is 6.23 Å². The molecule has 0 spiro atoms. The summed E-state index contributed by atoms with van der Waals surface area (Å²) in [5.41, 5.74) is 0.617. The molecule has 0 aromatic carbocycles. The molecular formula is C11H12BrN3O4S. The summed E-state index contributed by atoms with van der Waals surface area (Å²) >= 11 is 8.55. The number of hydrogen-bond acceptors (Lipinski definition) is 6. The van der Waals surface area contributed by atoms with Crippen molar-refractivity contribution in [2.24, 2.45) is 0 Å². The molecule has 3 heterocycles. The minimum Gasteiger partial charge on any atom is -0.394 e. The van der Waals surface area contributed by atoms with Gasteiger partial charge in [-0.15, -0.1) is 0 Å². The third-order valence-electron chi connectivity index (χ3n) is 3.37. The second-order valence-electron chi connectivity index (χ2n) is 4.54. The summed E-state index contributed by atoms with van der Waals surface area (Å²) < 4.78 is 8.25. The van der Waals surface area contributed by atoms with Gasteiger partial charge in [0.05, 0.1) is 18.3 Å². The Morgan fingerprint density at radius 1 is 1.45 bits per heavy atom. The van der Waals surface area contributed by atoms with Crippen molar-refractivity contribution in [2.75, 3.05) is 6.61 Å². The maximum absolute atomic E-state index is 10.1. The predicted octanol–water partition coefficient (Wildman–Crippen LogP) is 0.468. The number of aliphatic hydroxyl groups excluding tert-OH is 3. The van der Waals surface area contributed by atoms with Crippen LogP contribution in [-0.4, -0.2) is 54.8 Å². The van der Waals surface area contributed by atoms with Crippen LogP contribution in [0.25, 0.3) is 11.0 Å². The lowest BCUT2D eigenvalue weighted by molar-refractivity contribution is -0.0509. The minimum atomic E-state index is -1.15. The van der Waals surface area contributed by atoms with Gasteiger partial charge in [0, 0.05) is 10.7 Å². The zero-order valence-electron chi connectivity index (χ0n) is 10.1.